The van der Waals surface area contributed by atoms with Gasteiger partial charge < -0.3 is 9.72 Å². The molecule has 0 aliphatic carbocycles. The van der Waals surface area contributed by atoms with E-state index in [9.17, 15) is 9.59 Å². The number of H-pyrrole nitrogens is 1. The highest BCUT2D eigenvalue weighted by atomic mass is 16.5. The minimum Gasteiger partial charge on any atom is -0.461 e. The summed E-state index contributed by atoms with van der Waals surface area (Å²) in [6.45, 7) is 2.06. The maximum Gasteiger partial charge on any atom is 0.356 e. The predicted octanol–water partition coefficient (Wildman–Crippen LogP) is 1.70. The summed E-state index contributed by atoms with van der Waals surface area (Å²) < 4.78 is 4.89. The molecular formula is C16H17N3O4. The molecule has 1 heterocycles. The second-order valence-corrected chi connectivity index (χ2v) is 4.69. The van der Waals surface area contributed by atoms with Gasteiger partial charge in [0.05, 0.1) is 12.8 Å². The molecule has 1 aromatic heterocycles. The van der Waals surface area contributed by atoms with Crippen LogP contribution in [0.1, 0.15) is 34.4 Å². The molecule has 7 nitrogen and oxygen atoms in total. The maximum absolute atomic E-state index is 11.6. The average molecular weight is 315 g/mol. The van der Waals surface area contributed by atoms with Crippen LogP contribution in [0.5, 0.6) is 0 Å². The number of hydrogen-bond donors (Lipinski definition) is 3. The van der Waals surface area contributed by atoms with E-state index in [4.69, 9.17) is 9.94 Å². The molecule has 2 rings (SSSR count). The van der Waals surface area contributed by atoms with Crippen molar-refractivity contribution in [3.8, 4) is 0 Å². The molecule has 0 bridgehead atoms. The topological polar surface area (TPSA) is 104 Å². The number of carbonyl (C=O) groups is 2. The fourth-order valence-corrected chi connectivity index (χ4v) is 1.91. The number of carbonyl (C=O) groups excluding carboxylic acids is 2. The zero-order chi connectivity index (χ0) is 16.7. The van der Waals surface area contributed by atoms with Crippen molar-refractivity contribution in [2.24, 2.45) is 0 Å². The van der Waals surface area contributed by atoms with Crippen molar-refractivity contribution in [3.05, 3.63) is 59.2 Å². The summed E-state index contributed by atoms with van der Waals surface area (Å²) >= 11 is 0. The third-order valence-electron chi connectivity index (χ3n) is 3.01. The molecular weight excluding hydrogens is 298 g/mol. The van der Waals surface area contributed by atoms with E-state index < -0.39 is 11.9 Å². The standard InChI is InChI=1S/C16H17N3O4/c1-2-23-16(21)13-10-17-14(18-13)9-12-5-3-11(4-6-12)7-8-15(20)19-22/h3-8,10,22H,2,9H2,1H3,(H,17,18)(H,19,20)/b8-7+. The maximum atomic E-state index is 11.6. The molecule has 0 spiro atoms. The van der Waals surface area contributed by atoms with Crippen LogP contribution in [-0.4, -0.2) is 33.7 Å². The number of rotatable bonds is 6. The predicted molar refractivity (Wildman–Crippen MR) is 82.8 cm³/mol. The van der Waals surface area contributed by atoms with Gasteiger partial charge in [-0.3, -0.25) is 10.0 Å². The van der Waals surface area contributed by atoms with Gasteiger partial charge >= 0.3 is 5.97 Å². The number of hydroxylamine groups is 1. The molecule has 0 fully saturated rings. The van der Waals surface area contributed by atoms with E-state index in [2.05, 4.69) is 9.97 Å². The SMILES string of the molecule is CCOC(=O)c1cnc(Cc2ccc(/C=C/C(=O)NO)cc2)[nH]1. The lowest BCUT2D eigenvalue weighted by Gasteiger charge is -2.00. The van der Waals surface area contributed by atoms with Gasteiger partial charge in [-0.1, -0.05) is 24.3 Å². The Balaban J connectivity index is 2.00. The third kappa shape index (κ3) is 4.79. The van der Waals surface area contributed by atoms with Crippen molar-refractivity contribution in [1.82, 2.24) is 15.4 Å². The normalized spacial score (nSPS) is 10.7. The van der Waals surface area contributed by atoms with Crippen LogP contribution in [0.2, 0.25) is 0 Å². The van der Waals surface area contributed by atoms with Crippen molar-refractivity contribution in [2.45, 2.75) is 13.3 Å². The average Bonchev–Trinajstić information content (AvgIpc) is 3.02. The largest absolute Gasteiger partial charge is 0.461 e. The molecule has 7 heteroatoms. The van der Waals surface area contributed by atoms with Crippen molar-refractivity contribution >= 4 is 18.0 Å². The Morgan fingerprint density at radius 3 is 2.74 bits per heavy atom. The number of nitrogens with zero attached hydrogens (tertiary/aromatic N) is 1. The van der Waals surface area contributed by atoms with Gasteiger partial charge in [0, 0.05) is 12.5 Å². The summed E-state index contributed by atoms with van der Waals surface area (Å²) in [7, 11) is 0. The van der Waals surface area contributed by atoms with Gasteiger partial charge in [0.15, 0.2) is 0 Å². The van der Waals surface area contributed by atoms with Crippen molar-refractivity contribution in [2.75, 3.05) is 6.61 Å². The van der Waals surface area contributed by atoms with Crippen LogP contribution >= 0.6 is 0 Å². The molecule has 1 aromatic carbocycles. The summed E-state index contributed by atoms with van der Waals surface area (Å²) in [6.07, 6.45) is 4.81. The van der Waals surface area contributed by atoms with Crippen molar-refractivity contribution < 1.29 is 19.5 Å². The molecule has 0 aliphatic heterocycles. The Morgan fingerprint density at radius 1 is 1.35 bits per heavy atom. The van der Waals surface area contributed by atoms with E-state index in [1.807, 2.05) is 24.3 Å². The molecule has 120 valence electrons. The summed E-state index contributed by atoms with van der Waals surface area (Å²) in [6, 6.07) is 7.46. The third-order valence-corrected chi connectivity index (χ3v) is 3.01. The number of ether oxygens (including phenoxy) is 1. The van der Waals surface area contributed by atoms with E-state index in [1.54, 1.807) is 13.0 Å². The van der Waals surface area contributed by atoms with Gasteiger partial charge in [0.2, 0.25) is 0 Å². The van der Waals surface area contributed by atoms with Crippen LogP contribution in [0.15, 0.2) is 36.5 Å². The molecule has 23 heavy (non-hydrogen) atoms. The molecule has 0 unspecified atom stereocenters. The van der Waals surface area contributed by atoms with E-state index in [1.165, 1.54) is 17.8 Å². The van der Waals surface area contributed by atoms with Gasteiger partial charge in [-0.05, 0) is 24.1 Å². The summed E-state index contributed by atoms with van der Waals surface area (Å²) in [5.74, 6) is -0.346. The first-order valence-corrected chi connectivity index (χ1v) is 7.04. The fraction of sp³-hybridized carbons (Fsp3) is 0.188. The minimum absolute atomic E-state index is 0.316. The number of hydrogen-bond acceptors (Lipinski definition) is 5. The molecule has 0 radical (unpaired) electrons. The Labute approximate surface area is 133 Å². The zero-order valence-electron chi connectivity index (χ0n) is 12.6. The number of esters is 1. The number of amides is 1. The highest BCUT2D eigenvalue weighted by molar-refractivity contribution is 5.90. The van der Waals surface area contributed by atoms with Crippen LogP contribution in [0.4, 0.5) is 0 Å². The van der Waals surface area contributed by atoms with Crippen LogP contribution in [0.3, 0.4) is 0 Å². The van der Waals surface area contributed by atoms with Crippen LogP contribution < -0.4 is 5.48 Å². The summed E-state index contributed by atoms with van der Waals surface area (Å²) in [4.78, 5) is 29.5. The molecule has 0 saturated heterocycles. The second kappa shape index (κ2) is 7.90. The first-order chi connectivity index (χ1) is 11.1. The van der Waals surface area contributed by atoms with Gasteiger partial charge in [0.1, 0.15) is 11.5 Å². The van der Waals surface area contributed by atoms with E-state index >= 15 is 0 Å². The first-order valence-electron chi connectivity index (χ1n) is 7.04. The highest BCUT2D eigenvalue weighted by Crippen LogP contribution is 2.10. The molecule has 0 saturated carbocycles. The van der Waals surface area contributed by atoms with Crippen LogP contribution in [0.25, 0.3) is 6.08 Å². The molecule has 3 N–H and O–H groups in total. The molecule has 0 aliphatic rings. The Bertz CT molecular complexity index is 704. The lowest BCUT2D eigenvalue weighted by Crippen LogP contribution is -2.14. The summed E-state index contributed by atoms with van der Waals surface area (Å²) in [5.41, 5.74) is 3.68. The lowest BCUT2D eigenvalue weighted by molar-refractivity contribution is -0.124. The van der Waals surface area contributed by atoms with Gasteiger partial charge in [0.25, 0.3) is 5.91 Å². The van der Waals surface area contributed by atoms with Gasteiger partial charge in [-0.15, -0.1) is 0 Å². The number of aromatic nitrogens is 2. The number of aromatic amines is 1. The second-order valence-electron chi connectivity index (χ2n) is 4.69. The molecule has 0 atom stereocenters. The van der Waals surface area contributed by atoms with Gasteiger partial charge in [-0.2, -0.15) is 0 Å². The Kier molecular flexibility index (Phi) is 5.65. The fourth-order valence-electron chi connectivity index (χ4n) is 1.91. The quantitative estimate of drug-likeness (QED) is 0.326. The zero-order valence-corrected chi connectivity index (χ0v) is 12.6. The minimum atomic E-state index is -0.587. The monoisotopic (exact) mass is 315 g/mol. The molecule has 1 amide bonds. The summed E-state index contributed by atoms with van der Waals surface area (Å²) in [5, 5.41) is 8.40. The number of benzene rings is 1. The number of imidazole rings is 1. The van der Waals surface area contributed by atoms with E-state index in [0.717, 1.165) is 11.1 Å². The smallest absolute Gasteiger partial charge is 0.356 e. The first kappa shape index (κ1) is 16.4. The van der Waals surface area contributed by atoms with E-state index in [-0.39, 0.29) is 0 Å². The van der Waals surface area contributed by atoms with Crippen LogP contribution in [0, 0.1) is 0 Å². The van der Waals surface area contributed by atoms with Crippen molar-refractivity contribution in [3.63, 3.8) is 0 Å². The lowest BCUT2D eigenvalue weighted by atomic mass is 10.1. The Hall–Kier alpha value is -2.93. The van der Waals surface area contributed by atoms with Crippen molar-refractivity contribution in [1.29, 1.82) is 0 Å². The van der Waals surface area contributed by atoms with Gasteiger partial charge in [-0.25, -0.2) is 15.3 Å². The number of nitrogens with one attached hydrogen (secondary N) is 2. The molecule has 2 aromatic rings. The Morgan fingerprint density at radius 2 is 2.09 bits per heavy atom. The highest BCUT2D eigenvalue weighted by Gasteiger charge is 2.10. The van der Waals surface area contributed by atoms with E-state index in [0.29, 0.717) is 24.5 Å². The van der Waals surface area contributed by atoms with Crippen LogP contribution in [-0.2, 0) is 16.0 Å².